The Balaban J connectivity index is 1.77. The molecule has 1 heterocycles. The molecule has 6 heteroatoms. The Morgan fingerprint density at radius 1 is 0.962 bits per heavy atom. The van der Waals surface area contributed by atoms with Crippen LogP contribution < -0.4 is 10.6 Å². The smallest absolute Gasteiger partial charge is 0.274 e. The lowest BCUT2D eigenvalue weighted by Crippen LogP contribution is -2.14. The molecule has 26 heavy (non-hydrogen) atoms. The summed E-state index contributed by atoms with van der Waals surface area (Å²) in [5.41, 5.74) is 2.01. The number of ketones is 1. The van der Waals surface area contributed by atoms with Crippen molar-refractivity contribution in [1.29, 1.82) is 0 Å². The summed E-state index contributed by atoms with van der Waals surface area (Å²) in [5.74, 6) is -0.908. The number of rotatable bonds is 5. The Kier molecular flexibility index (Phi) is 5.03. The molecule has 0 aliphatic carbocycles. The zero-order valence-electron chi connectivity index (χ0n) is 14.0. The van der Waals surface area contributed by atoms with Gasteiger partial charge in [0.15, 0.2) is 5.78 Å². The molecule has 0 fully saturated rings. The molecule has 0 spiro atoms. The summed E-state index contributed by atoms with van der Waals surface area (Å²) in [6.45, 7) is 1.46. The van der Waals surface area contributed by atoms with Crippen molar-refractivity contribution in [2.45, 2.75) is 6.92 Å². The van der Waals surface area contributed by atoms with Gasteiger partial charge >= 0.3 is 0 Å². The quantitative estimate of drug-likeness (QED) is 0.669. The molecule has 0 unspecified atom stereocenters. The summed E-state index contributed by atoms with van der Waals surface area (Å²) in [5, 5.41) is 5.62. The van der Waals surface area contributed by atoms with Crippen LogP contribution in [0.3, 0.4) is 0 Å². The van der Waals surface area contributed by atoms with Crippen LogP contribution >= 0.6 is 0 Å². The zero-order chi connectivity index (χ0) is 18.5. The second-order valence-electron chi connectivity index (χ2n) is 5.63. The Morgan fingerprint density at radius 3 is 2.54 bits per heavy atom. The molecule has 0 radical (unpaired) electrons. The minimum Gasteiger partial charge on any atom is -0.353 e. The van der Waals surface area contributed by atoms with Gasteiger partial charge in [0.25, 0.3) is 5.91 Å². The van der Waals surface area contributed by atoms with E-state index < -0.39 is 11.7 Å². The van der Waals surface area contributed by atoms with Gasteiger partial charge in [0.1, 0.15) is 11.5 Å². The molecule has 1 amide bonds. The van der Waals surface area contributed by atoms with Gasteiger partial charge in [-0.2, -0.15) is 0 Å². The van der Waals surface area contributed by atoms with E-state index in [0.29, 0.717) is 22.6 Å². The first kappa shape index (κ1) is 17.3. The molecule has 3 aromatic rings. The van der Waals surface area contributed by atoms with Crippen molar-refractivity contribution >= 4 is 28.8 Å². The molecule has 2 aromatic carbocycles. The van der Waals surface area contributed by atoms with Crippen LogP contribution in [0.15, 0.2) is 66.9 Å². The van der Waals surface area contributed by atoms with Crippen LogP contribution in [-0.2, 0) is 0 Å². The standard InChI is InChI=1S/C20H16FN3O2/c1-13(25)14-5-4-6-15(11-14)24-20(26)19-12-16(9-10-22-19)23-18-8-3-2-7-17(18)21/h2-12H,1H3,(H,22,23)(H,24,26). The largest absolute Gasteiger partial charge is 0.353 e. The number of hydrogen-bond acceptors (Lipinski definition) is 4. The fourth-order valence-corrected chi connectivity index (χ4v) is 2.36. The highest BCUT2D eigenvalue weighted by molar-refractivity contribution is 6.04. The molecule has 1 aromatic heterocycles. The third kappa shape index (κ3) is 4.10. The second kappa shape index (κ2) is 7.57. The van der Waals surface area contributed by atoms with E-state index in [1.54, 1.807) is 48.5 Å². The summed E-state index contributed by atoms with van der Waals surface area (Å²) >= 11 is 0. The van der Waals surface area contributed by atoms with Gasteiger partial charge < -0.3 is 10.6 Å². The van der Waals surface area contributed by atoms with Gasteiger partial charge in [-0.15, -0.1) is 0 Å². The van der Waals surface area contributed by atoms with E-state index in [2.05, 4.69) is 15.6 Å². The van der Waals surface area contributed by atoms with Crippen LogP contribution in [-0.4, -0.2) is 16.7 Å². The highest BCUT2D eigenvalue weighted by Gasteiger charge is 2.10. The van der Waals surface area contributed by atoms with E-state index >= 15 is 0 Å². The molecule has 0 atom stereocenters. The van der Waals surface area contributed by atoms with E-state index in [9.17, 15) is 14.0 Å². The predicted octanol–water partition coefficient (Wildman–Crippen LogP) is 4.42. The molecule has 3 rings (SSSR count). The first-order chi connectivity index (χ1) is 12.5. The average molecular weight is 349 g/mol. The van der Waals surface area contributed by atoms with Gasteiger partial charge in [-0.1, -0.05) is 24.3 Å². The molecule has 2 N–H and O–H groups in total. The minimum absolute atomic E-state index is 0.0877. The van der Waals surface area contributed by atoms with E-state index in [1.807, 2.05) is 0 Å². The van der Waals surface area contributed by atoms with Crippen molar-refractivity contribution in [2.75, 3.05) is 10.6 Å². The van der Waals surface area contributed by atoms with Crippen LogP contribution in [0.5, 0.6) is 0 Å². The van der Waals surface area contributed by atoms with Crippen LogP contribution in [0.2, 0.25) is 0 Å². The molecular formula is C20H16FN3O2. The van der Waals surface area contributed by atoms with Crippen LogP contribution in [0.1, 0.15) is 27.8 Å². The number of pyridine rings is 1. The van der Waals surface area contributed by atoms with Crippen molar-refractivity contribution < 1.29 is 14.0 Å². The fraction of sp³-hybridized carbons (Fsp3) is 0.0500. The van der Waals surface area contributed by atoms with Crippen molar-refractivity contribution in [3.63, 3.8) is 0 Å². The number of carbonyl (C=O) groups excluding carboxylic acids is 2. The zero-order valence-corrected chi connectivity index (χ0v) is 14.0. The summed E-state index contributed by atoms with van der Waals surface area (Å²) in [6.07, 6.45) is 1.46. The van der Waals surface area contributed by atoms with E-state index in [4.69, 9.17) is 0 Å². The maximum atomic E-state index is 13.7. The van der Waals surface area contributed by atoms with Gasteiger partial charge in [-0.05, 0) is 43.3 Å². The first-order valence-corrected chi connectivity index (χ1v) is 7.93. The normalized spacial score (nSPS) is 10.2. The number of Topliss-reactive ketones (excluding diaryl/α,β-unsaturated/α-hetero) is 1. The maximum absolute atomic E-state index is 13.7. The van der Waals surface area contributed by atoms with Gasteiger partial charge in [-0.3, -0.25) is 14.6 Å². The molecule has 0 saturated heterocycles. The predicted molar refractivity (Wildman–Crippen MR) is 98.3 cm³/mol. The number of aromatic nitrogens is 1. The first-order valence-electron chi connectivity index (χ1n) is 7.93. The van der Waals surface area contributed by atoms with Crippen LogP contribution in [0, 0.1) is 5.82 Å². The number of nitrogens with zero attached hydrogens (tertiary/aromatic N) is 1. The number of hydrogen-bond donors (Lipinski definition) is 2. The Hall–Kier alpha value is -3.54. The fourth-order valence-electron chi connectivity index (χ4n) is 2.36. The van der Waals surface area contributed by atoms with Gasteiger partial charge in [0.2, 0.25) is 0 Å². The highest BCUT2D eigenvalue weighted by atomic mass is 19.1. The van der Waals surface area contributed by atoms with E-state index in [1.165, 1.54) is 25.3 Å². The maximum Gasteiger partial charge on any atom is 0.274 e. The van der Waals surface area contributed by atoms with Gasteiger partial charge in [0, 0.05) is 23.1 Å². The van der Waals surface area contributed by atoms with Crippen LogP contribution in [0.4, 0.5) is 21.5 Å². The molecule has 130 valence electrons. The van der Waals surface area contributed by atoms with E-state index in [0.717, 1.165) is 0 Å². The van der Waals surface area contributed by atoms with Crippen molar-refractivity contribution in [2.24, 2.45) is 0 Å². The van der Waals surface area contributed by atoms with Gasteiger partial charge in [-0.25, -0.2) is 4.39 Å². The van der Waals surface area contributed by atoms with Crippen LogP contribution in [0.25, 0.3) is 0 Å². The minimum atomic E-state index is -0.428. The molecule has 5 nitrogen and oxygen atoms in total. The Labute approximate surface area is 149 Å². The number of nitrogens with one attached hydrogen (secondary N) is 2. The van der Waals surface area contributed by atoms with Gasteiger partial charge in [0.05, 0.1) is 5.69 Å². The molecular weight excluding hydrogens is 333 g/mol. The number of carbonyl (C=O) groups is 2. The molecule has 0 aliphatic rings. The summed E-state index contributed by atoms with van der Waals surface area (Å²) in [6, 6.07) is 16.1. The SMILES string of the molecule is CC(=O)c1cccc(NC(=O)c2cc(Nc3ccccc3F)ccn2)c1. The lowest BCUT2D eigenvalue weighted by atomic mass is 10.1. The Morgan fingerprint density at radius 2 is 1.77 bits per heavy atom. The summed E-state index contributed by atoms with van der Waals surface area (Å²) in [7, 11) is 0. The highest BCUT2D eigenvalue weighted by Crippen LogP contribution is 2.20. The van der Waals surface area contributed by atoms with Crippen molar-refractivity contribution in [1.82, 2.24) is 4.98 Å². The number of amides is 1. The second-order valence-corrected chi connectivity index (χ2v) is 5.63. The molecule has 0 aliphatic heterocycles. The monoisotopic (exact) mass is 349 g/mol. The number of benzene rings is 2. The third-order valence-corrected chi connectivity index (χ3v) is 3.67. The van der Waals surface area contributed by atoms with E-state index in [-0.39, 0.29) is 11.5 Å². The van der Waals surface area contributed by atoms with Crippen molar-refractivity contribution in [3.8, 4) is 0 Å². The third-order valence-electron chi connectivity index (χ3n) is 3.67. The topological polar surface area (TPSA) is 71.1 Å². The van der Waals surface area contributed by atoms with Crippen molar-refractivity contribution in [3.05, 3.63) is 83.9 Å². The lowest BCUT2D eigenvalue weighted by molar-refractivity contribution is 0.100. The molecule has 0 bridgehead atoms. The average Bonchev–Trinajstić information content (AvgIpc) is 2.64. The Bertz CT molecular complexity index is 973. The summed E-state index contributed by atoms with van der Waals surface area (Å²) < 4.78 is 13.7. The number of halogens is 1. The number of para-hydroxylation sites is 1. The number of anilines is 3. The lowest BCUT2D eigenvalue weighted by Gasteiger charge is -2.09. The summed E-state index contributed by atoms with van der Waals surface area (Å²) in [4.78, 5) is 27.9. The molecule has 0 saturated carbocycles.